The van der Waals surface area contributed by atoms with Crippen molar-refractivity contribution in [3.63, 3.8) is 0 Å². The van der Waals surface area contributed by atoms with E-state index in [1.807, 2.05) is 37.3 Å². The van der Waals surface area contributed by atoms with E-state index in [1.54, 1.807) is 13.2 Å². The van der Waals surface area contributed by atoms with E-state index < -0.39 is 10.8 Å². The lowest BCUT2D eigenvalue weighted by atomic mass is 10.0. The smallest absolute Gasteiger partial charge is 0.120 e. The highest BCUT2D eigenvalue weighted by molar-refractivity contribution is 7.85. The summed E-state index contributed by atoms with van der Waals surface area (Å²) in [6.45, 7) is 4.09. The first kappa shape index (κ1) is 15.7. The molecule has 2 unspecified atom stereocenters. The predicted octanol–water partition coefficient (Wildman–Crippen LogP) is 3.12. The number of nitrogens with two attached hydrogens (primary N) is 1. The van der Waals surface area contributed by atoms with Crippen LogP contribution in [0.2, 0.25) is 0 Å². The molecule has 0 aliphatic heterocycles. The number of ether oxygens (including phenoxy) is 1. The molecule has 0 heterocycles. The fraction of sp³-hybridized carbons (Fsp3) is 0.294. The number of hydrogen-bond acceptors (Lipinski definition) is 3. The Labute approximate surface area is 128 Å². The molecule has 0 fully saturated rings. The van der Waals surface area contributed by atoms with E-state index in [9.17, 15) is 4.21 Å². The summed E-state index contributed by atoms with van der Waals surface area (Å²) in [4.78, 5) is 0.745. The van der Waals surface area contributed by atoms with Crippen LogP contribution < -0.4 is 10.5 Å². The molecular formula is C17H21NO2S. The van der Waals surface area contributed by atoms with Crippen LogP contribution in [0.3, 0.4) is 0 Å². The monoisotopic (exact) mass is 303 g/mol. The van der Waals surface area contributed by atoms with Crippen molar-refractivity contribution >= 4 is 10.8 Å². The summed E-state index contributed by atoms with van der Waals surface area (Å²) >= 11 is 0. The van der Waals surface area contributed by atoms with E-state index in [0.29, 0.717) is 11.5 Å². The Hall–Kier alpha value is -1.65. The van der Waals surface area contributed by atoms with Crippen LogP contribution in [0, 0.1) is 13.8 Å². The Morgan fingerprint density at radius 3 is 2.62 bits per heavy atom. The van der Waals surface area contributed by atoms with Crippen molar-refractivity contribution in [3.8, 4) is 5.75 Å². The number of hydrogen-bond donors (Lipinski definition) is 1. The molecule has 2 N–H and O–H groups in total. The molecule has 0 radical (unpaired) electrons. The van der Waals surface area contributed by atoms with Gasteiger partial charge in [0, 0.05) is 16.7 Å². The third-order valence-electron chi connectivity index (χ3n) is 3.46. The lowest BCUT2D eigenvalue weighted by molar-refractivity contribution is 0.413. The molecule has 0 aliphatic carbocycles. The quantitative estimate of drug-likeness (QED) is 0.923. The lowest BCUT2D eigenvalue weighted by Crippen LogP contribution is -2.19. The van der Waals surface area contributed by atoms with Gasteiger partial charge >= 0.3 is 0 Å². The number of rotatable bonds is 5. The third-order valence-corrected chi connectivity index (χ3v) is 4.90. The van der Waals surface area contributed by atoms with Gasteiger partial charge in [0.15, 0.2) is 0 Å². The van der Waals surface area contributed by atoms with Gasteiger partial charge in [0.25, 0.3) is 0 Å². The van der Waals surface area contributed by atoms with Gasteiger partial charge in [-0.2, -0.15) is 0 Å². The predicted molar refractivity (Wildman–Crippen MR) is 87.1 cm³/mol. The van der Waals surface area contributed by atoms with Gasteiger partial charge in [-0.1, -0.05) is 29.8 Å². The molecule has 2 aromatic rings. The Bertz CT molecular complexity index is 655. The van der Waals surface area contributed by atoms with Gasteiger partial charge in [0.1, 0.15) is 5.75 Å². The Morgan fingerprint density at radius 1 is 1.19 bits per heavy atom. The summed E-state index contributed by atoms with van der Waals surface area (Å²) in [5.74, 6) is 1.11. The van der Waals surface area contributed by atoms with Crippen molar-refractivity contribution in [2.24, 2.45) is 5.73 Å². The first-order chi connectivity index (χ1) is 10.0. The van der Waals surface area contributed by atoms with Crippen LogP contribution in [0.15, 0.2) is 47.4 Å². The molecule has 21 heavy (non-hydrogen) atoms. The average Bonchev–Trinajstić information content (AvgIpc) is 2.47. The van der Waals surface area contributed by atoms with Crippen molar-refractivity contribution in [1.82, 2.24) is 0 Å². The molecule has 0 saturated carbocycles. The lowest BCUT2D eigenvalue weighted by Gasteiger charge is -2.15. The molecule has 2 rings (SSSR count). The molecule has 0 aromatic heterocycles. The fourth-order valence-electron chi connectivity index (χ4n) is 2.33. The van der Waals surface area contributed by atoms with Crippen LogP contribution in [0.4, 0.5) is 0 Å². The van der Waals surface area contributed by atoms with E-state index in [2.05, 4.69) is 13.0 Å². The molecule has 2 aromatic carbocycles. The normalized spacial score (nSPS) is 13.7. The Kier molecular flexibility index (Phi) is 5.15. The largest absolute Gasteiger partial charge is 0.497 e. The molecule has 4 heteroatoms. The van der Waals surface area contributed by atoms with Gasteiger partial charge in [-0.05, 0) is 43.2 Å². The van der Waals surface area contributed by atoms with Crippen LogP contribution in [0.5, 0.6) is 5.75 Å². The topological polar surface area (TPSA) is 52.3 Å². The third kappa shape index (κ3) is 3.93. The van der Waals surface area contributed by atoms with Gasteiger partial charge in [0.05, 0.1) is 17.9 Å². The molecule has 0 amide bonds. The molecule has 0 spiro atoms. The van der Waals surface area contributed by atoms with Crippen molar-refractivity contribution < 1.29 is 8.95 Å². The molecule has 0 bridgehead atoms. The van der Waals surface area contributed by atoms with Crippen LogP contribution in [0.25, 0.3) is 0 Å². The average molecular weight is 303 g/mol. The Morgan fingerprint density at radius 2 is 1.95 bits per heavy atom. The van der Waals surface area contributed by atoms with Crippen LogP contribution >= 0.6 is 0 Å². The zero-order valence-electron chi connectivity index (χ0n) is 12.6. The first-order valence-electron chi connectivity index (χ1n) is 6.86. The maximum atomic E-state index is 12.5. The van der Waals surface area contributed by atoms with E-state index in [4.69, 9.17) is 10.5 Å². The van der Waals surface area contributed by atoms with Gasteiger partial charge < -0.3 is 10.5 Å². The number of methoxy groups -OCH3 is 1. The minimum Gasteiger partial charge on any atom is -0.497 e. The molecule has 0 saturated heterocycles. The summed E-state index contributed by atoms with van der Waals surface area (Å²) in [7, 11) is 0.456. The zero-order chi connectivity index (χ0) is 15.4. The maximum Gasteiger partial charge on any atom is 0.120 e. The molecular weight excluding hydrogens is 282 g/mol. The molecule has 2 atom stereocenters. The van der Waals surface area contributed by atoms with E-state index in [-0.39, 0.29) is 6.04 Å². The zero-order valence-corrected chi connectivity index (χ0v) is 13.4. The minimum atomic E-state index is -1.14. The summed E-state index contributed by atoms with van der Waals surface area (Å²) in [6.07, 6.45) is 0. The SMILES string of the molecule is COc1cccc(S(=O)CC(N)c2ccc(C)cc2C)c1. The van der Waals surface area contributed by atoms with Crippen LogP contribution in [0.1, 0.15) is 22.7 Å². The van der Waals surface area contributed by atoms with Crippen LogP contribution in [-0.2, 0) is 10.8 Å². The van der Waals surface area contributed by atoms with Gasteiger partial charge in [0.2, 0.25) is 0 Å². The number of benzene rings is 2. The second-order valence-corrected chi connectivity index (χ2v) is 6.65. The molecule has 112 valence electrons. The standard InChI is InChI=1S/C17H21NO2S/c1-12-7-8-16(13(2)9-12)17(18)11-21(19)15-6-4-5-14(10-15)20-3/h4-10,17H,11,18H2,1-3H3. The Balaban J connectivity index is 2.14. The van der Waals surface area contributed by atoms with Crippen LogP contribution in [-0.4, -0.2) is 17.1 Å². The second kappa shape index (κ2) is 6.87. The van der Waals surface area contributed by atoms with Crippen molar-refractivity contribution in [2.45, 2.75) is 24.8 Å². The summed E-state index contributed by atoms with van der Waals surface area (Å²) < 4.78 is 17.6. The van der Waals surface area contributed by atoms with Gasteiger partial charge in [-0.15, -0.1) is 0 Å². The van der Waals surface area contributed by atoms with Gasteiger partial charge in [-0.3, -0.25) is 4.21 Å². The fourth-order valence-corrected chi connectivity index (χ4v) is 3.51. The minimum absolute atomic E-state index is 0.238. The molecule has 0 aliphatic rings. The second-order valence-electron chi connectivity index (χ2n) is 5.16. The van der Waals surface area contributed by atoms with Crippen molar-refractivity contribution in [2.75, 3.05) is 12.9 Å². The first-order valence-corrected chi connectivity index (χ1v) is 8.18. The highest BCUT2D eigenvalue weighted by Gasteiger charge is 2.14. The summed E-state index contributed by atoms with van der Waals surface area (Å²) in [5, 5.41) is 0. The summed E-state index contributed by atoms with van der Waals surface area (Å²) in [5.41, 5.74) is 9.63. The summed E-state index contributed by atoms with van der Waals surface area (Å²) in [6, 6.07) is 13.2. The van der Waals surface area contributed by atoms with E-state index >= 15 is 0 Å². The highest BCUT2D eigenvalue weighted by atomic mass is 32.2. The van der Waals surface area contributed by atoms with E-state index in [0.717, 1.165) is 16.0 Å². The highest BCUT2D eigenvalue weighted by Crippen LogP contribution is 2.21. The van der Waals surface area contributed by atoms with Crippen molar-refractivity contribution in [1.29, 1.82) is 0 Å². The van der Waals surface area contributed by atoms with Crippen molar-refractivity contribution in [3.05, 3.63) is 59.2 Å². The molecule has 3 nitrogen and oxygen atoms in total. The maximum absolute atomic E-state index is 12.5. The number of aryl methyl sites for hydroxylation is 2. The van der Waals surface area contributed by atoms with E-state index in [1.165, 1.54) is 5.56 Å². The van der Waals surface area contributed by atoms with Gasteiger partial charge in [-0.25, -0.2) is 0 Å².